The van der Waals surface area contributed by atoms with Crippen molar-refractivity contribution in [1.29, 1.82) is 0 Å². The average molecular weight is 1200 g/mol. The van der Waals surface area contributed by atoms with E-state index in [1.54, 1.807) is 0 Å². The molecule has 0 saturated carbocycles. The van der Waals surface area contributed by atoms with Gasteiger partial charge in [-0.15, -0.1) is 0 Å². The van der Waals surface area contributed by atoms with Crippen molar-refractivity contribution in [1.82, 2.24) is 5.32 Å². The molecule has 0 aromatic carbocycles. The van der Waals surface area contributed by atoms with Crippen molar-refractivity contribution in [2.45, 2.75) is 443 Å². The summed E-state index contributed by atoms with van der Waals surface area (Å²) in [6, 6.07) is -0.539. The van der Waals surface area contributed by atoms with Crippen LogP contribution in [0.1, 0.15) is 431 Å². The Kier molecular flexibility index (Phi) is 72.9. The van der Waals surface area contributed by atoms with Gasteiger partial charge in [-0.25, -0.2) is 0 Å². The molecule has 3 N–H and O–H groups in total. The highest BCUT2D eigenvalue weighted by atomic mass is 16.5. The summed E-state index contributed by atoms with van der Waals surface area (Å²) in [4.78, 5) is 24.6. The van der Waals surface area contributed by atoms with Gasteiger partial charge in [0.1, 0.15) is 0 Å². The number of carbonyl (C=O) groups is 2. The van der Waals surface area contributed by atoms with Gasteiger partial charge < -0.3 is 20.3 Å². The number of esters is 1. The Labute approximate surface area is 532 Å². The number of amides is 1. The van der Waals surface area contributed by atoms with Crippen molar-refractivity contribution in [2.75, 3.05) is 13.2 Å². The molecule has 0 heterocycles. The lowest BCUT2D eigenvalue weighted by Crippen LogP contribution is -2.45. The Morgan fingerprint density at radius 3 is 0.918 bits per heavy atom. The molecule has 0 rings (SSSR count). The molecular formula is C79H151NO5. The normalized spacial score (nSPS) is 12.7. The maximum absolute atomic E-state index is 12.5. The number of aliphatic hydroxyl groups excluding tert-OH is 2. The number of aliphatic hydroxyl groups is 2. The molecule has 0 saturated heterocycles. The summed E-state index contributed by atoms with van der Waals surface area (Å²) in [5.74, 6) is -0.0161. The molecule has 2 unspecified atom stereocenters. The van der Waals surface area contributed by atoms with Crippen LogP contribution < -0.4 is 5.32 Å². The van der Waals surface area contributed by atoms with Crippen LogP contribution in [0.3, 0.4) is 0 Å². The number of hydrogen-bond donors (Lipinski definition) is 3. The SMILES string of the molecule is CCCCCC/C=C\C/C=C\CCCCCCCCCC(=O)OCCCCCCCCCCCCCC/C=C\CCCCCCCCCCCCCCCCCCCC(=O)NC(CO)C(O)CCCCCCCCCCCCCCCCCCC. The predicted octanol–water partition coefficient (Wildman–Crippen LogP) is 25.4. The van der Waals surface area contributed by atoms with Gasteiger partial charge in [0.05, 0.1) is 25.4 Å². The smallest absolute Gasteiger partial charge is 0.305 e. The first-order chi connectivity index (χ1) is 42.0. The van der Waals surface area contributed by atoms with Crippen LogP contribution in [0.5, 0.6) is 0 Å². The van der Waals surface area contributed by atoms with E-state index in [-0.39, 0.29) is 18.5 Å². The van der Waals surface area contributed by atoms with Gasteiger partial charge >= 0.3 is 5.97 Å². The second-order valence-electron chi connectivity index (χ2n) is 26.7. The first-order valence-electron chi connectivity index (χ1n) is 38.7. The second kappa shape index (κ2) is 74.5. The molecule has 0 spiro atoms. The minimum Gasteiger partial charge on any atom is -0.466 e. The monoisotopic (exact) mass is 1190 g/mol. The van der Waals surface area contributed by atoms with Gasteiger partial charge in [-0.3, -0.25) is 9.59 Å². The lowest BCUT2D eigenvalue weighted by molar-refractivity contribution is -0.143. The highest BCUT2D eigenvalue weighted by Gasteiger charge is 2.20. The quantitative estimate of drug-likeness (QED) is 0.0320. The Bertz CT molecular complexity index is 1380. The van der Waals surface area contributed by atoms with Gasteiger partial charge in [-0.1, -0.05) is 371 Å². The highest BCUT2D eigenvalue weighted by molar-refractivity contribution is 5.76. The van der Waals surface area contributed by atoms with E-state index in [9.17, 15) is 19.8 Å². The third kappa shape index (κ3) is 71.0. The summed E-state index contributed by atoms with van der Waals surface area (Å²) < 4.78 is 5.51. The summed E-state index contributed by atoms with van der Waals surface area (Å²) in [5, 5.41) is 23.4. The number of ether oxygens (including phenoxy) is 1. The fourth-order valence-electron chi connectivity index (χ4n) is 12.3. The Balaban J connectivity index is 3.34. The molecule has 6 nitrogen and oxygen atoms in total. The molecule has 85 heavy (non-hydrogen) atoms. The standard InChI is InChI=1S/C79H151NO5/c1-3-5-7-9-11-13-15-17-19-21-41-45-49-53-57-61-65-69-73-79(84)85-74-70-66-62-58-54-50-46-42-38-36-34-32-30-28-26-24-22-23-25-27-29-31-33-35-37-40-44-48-52-56-60-64-68-72-78(83)80-76(75-81)77(82)71-67-63-59-55-51-47-43-39-20-18-16-14-12-10-8-6-4-2/h13,15,19,21,26,28,76-77,81-82H,3-12,14,16-18,20,22-25,27,29-75H2,1-2H3,(H,80,83)/b15-13-,21-19-,28-26-. The topological polar surface area (TPSA) is 95.9 Å². The van der Waals surface area contributed by atoms with Gasteiger partial charge in [0, 0.05) is 12.8 Å². The molecule has 0 aromatic heterocycles. The molecule has 6 heteroatoms. The van der Waals surface area contributed by atoms with E-state index in [0.717, 1.165) is 51.4 Å². The first kappa shape index (κ1) is 83.1. The van der Waals surface area contributed by atoms with Crippen molar-refractivity contribution in [3.63, 3.8) is 0 Å². The van der Waals surface area contributed by atoms with Crippen LogP contribution in [0.15, 0.2) is 36.5 Å². The summed E-state index contributed by atoms with van der Waals surface area (Å²) in [7, 11) is 0. The molecule has 0 fully saturated rings. The van der Waals surface area contributed by atoms with Crippen LogP contribution in [0.25, 0.3) is 0 Å². The fraction of sp³-hybridized carbons (Fsp3) is 0.899. The molecule has 1 amide bonds. The Morgan fingerprint density at radius 1 is 0.329 bits per heavy atom. The number of nitrogens with one attached hydrogen (secondary N) is 1. The lowest BCUT2D eigenvalue weighted by atomic mass is 10.0. The largest absolute Gasteiger partial charge is 0.466 e. The van der Waals surface area contributed by atoms with Crippen LogP contribution in [0.4, 0.5) is 0 Å². The van der Waals surface area contributed by atoms with E-state index in [1.807, 2.05) is 0 Å². The molecule has 0 aliphatic heterocycles. The number of unbranched alkanes of at least 4 members (excludes halogenated alkanes) is 56. The molecule has 2 atom stereocenters. The van der Waals surface area contributed by atoms with Crippen LogP contribution >= 0.6 is 0 Å². The summed E-state index contributed by atoms with van der Waals surface area (Å²) in [6.07, 6.45) is 96.5. The maximum Gasteiger partial charge on any atom is 0.305 e. The average Bonchev–Trinajstić information content (AvgIpc) is 3.50. The fourth-order valence-corrected chi connectivity index (χ4v) is 12.3. The zero-order valence-electron chi connectivity index (χ0n) is 57.6. The van der Waals surface area contributed by atoms with E-state index in [0.29, 0.717) is 25.9 Å². The molecule has 0 aliphatic rings. The van der Waals surface area contributed by atoms with Gasteiger partial charge in [-0.05, 0) is 83.5 Å². The van der Waals surface area contributed by atoms with Gasteiger partial charge in [0.2, 0.25) is 5.91 Å². The number of allylic oxidation sites excluding steroid dienone is 6. The molecule has 502 valence electrons. The summed E-state index contributed by atoms with van der Waals surface area (Å²) in [5.41, 5.74) is 0. The minimum absolute atomic E-state index is 0.0120. The number of hydrogen-bond acceptors (Lipinski definition) is 5. The first-order valence-corrected chi connectivity index (χ1v) is 38.7. The van der Waals surface area contributed by atoms with Crippen molar-refractivity contribution in [3.05, 3.63) is 36.5 Å². The zero-order chi connectivity index (χ0) is 61.3. The van der Waals surface area contributed by atoms with Crippen molar-refractivity contribution in [2.24, 2.45) is 0 Å². The Morgan fingerprint density at radius 2 is 0.588 bits per heavy atom. The van der Waals surface area contributed by atoms with Gasteiger partial charge in [0.25, 0.3) is 0 Å². The number of rotatable bonds is 73. The van der Waals surface area contributed by atoms with E-state index in [4.69, 9.17) is 4.74 Å². The maximum atomic E-state index is 12.5. The molecule has 0 radical (unpaired) electrons. The summed E-state index contributed by atoms with van der Waals surface area (Å²) >= 11 is 0. The minimum atomic E-state index is -0.663. The third-order valence-electron chi connectivity index (χ3n) is 18.2. The van der Waals surface area contributed by atoms with E-state index in [2.05, 4.69) is 55.6 Å². The van der Waals surface area contributed by atoms with E-state index < -0.39 is 12.1 Å². The van der Waals surface area contributed by atoms with Crippen LogP contribution in [0, 0.1) is 0 Å². The lowest BCUT2D eigenvalue weighted by Gasteiger charge is -2.22. The van der Waals surface area contributed by atoms with Crippen molar-refractivity contribution >= 4 is 11.9 Å². The second-order valence-corrected chi connectivity index (χ2v) is 26.7. The molecule has 0 aromatic rings. The van der Waals surface area contributed by atoms with Gasteiger partial charge in [-0.2, -0.15) is 0 Å². The van der Waals surface area contributed by atoms with Crippen LogP contribution in [-0.2, 0) is 14.3 Å². The number of carbonyl (C=O) groups excluding carboxylic acids is 2. The zero-order valence-corrected chi connectivity index (χ0v) is 57.6. The highest BCUT2D eigenvalue weighted by Crippen LogP contribution is 2.19. The van der Waals surface area contributed by atoms with E-state index in [1.165, 1.54) is 347 Å². The Hall–Kier alpha value is -1.92. The summed E-state index contributed by atoms with van der Waals surface area (Å²) in [6.45, 7) is 4.97. The van der Waals surface area contributed by atoms with Crippen molar-refractivity contribution in [3.8, 4) is 0 Å². The van der Waals surface area contributed by atoms with Gasteiger partial charge in [0.15, 0.2) is 0 Å². The van der Waals surface area contributed by atoms with Crippen LogP contribution in [0.2, 0.25) is 0 Å². The molecule has 0 bridgehead atoms. The molecule has 0 aliphatic carbocycles. The van der Waals surface area contributed by atoms with E-state index >= 15 is 0 Å². The van der Waals surface area contributed by atoms with Crippen molar-refractivity contribution < 1.29 is 24.5 Å². The molecular weight excluding hydrogens is 1040 g/mol. The van der Waals surface area contributed by atoms with Crippen LogP contribution in [-0.4, -0.2) is 47.4 Å². The predicted molar refractivity (Wildman–Crippen MR) is 375 cm³/mol. The third-order valence-corrected chi connectivity index (χ3v) is 18.2.